The highest BCUT2D eigenvalue weighted by atomic mass is 16.7. The smallest absolute Gasteiger partial charge is 0.139 e. The Morgan fingerprint density at radius 1 is 0.786 bits per heavy atom. The van der Waals surface area contributed by atoms with Gasteiger partial charge in [-0.3, -0.25) is 9.68 Å². The molecule has 0 saturated carbocycles. The highest BCUT2D eigenvalue weighted by Gasteiger charge is 2.70. The number of fused-ring (bicyclic) bond motifs is 3. The highest BCUT2D eigenvalue weighted by Crippen LogP contribution is 2.63. The van der Waals surface area contributed by atoms with Gasteiger partial charge in [-0.2, -0.15) is 0 Å². The normalized spacial score (nSPS) is 30.2. The van der Waals surface area contributed by atoms with E-state index in [0.29, 0.717) is 6.61 Å². The molecular formula is C24H22N2O2. The topological polar surface area (TPSA) is 24.9 Å². The van der Waals surface area contributed by atoms with Crippen molar-refractivity contribution >= 4 is 11.4 Å². The Labute approximate surface area is 164 Å². The predicted molar refractivity (Wildman–Crippen MR) is 109 cm³/mol. The zero-order chi connectivity index (χ0) is 18.7. The maximum Gasteiger partial charge on any atom is 0.139 e. The van der Waals surface area contributed by atoms with Gasteiger partial charge in [-0.15, -0.1) is 0 Å². The van der Waals surface area contributed by atoms with Crippen LogP contribution >= 0.6 is 0 Å². The van der Waals surface area contributed by atoms with Crippen molar-refractivity contribution in [1.82, 2.24) is 0 Å². The van der Waals surface area contributed by atoms with Gasteiger partial charge >= 0.3 is 0 Å². The van der Waals surface area contributed by atoms with Crippen molar-refractivity contribution in [3.05, 3.63) is 96.1 Å². The van der Waals surface area contributed by atoms with E-state index in [1.807, 2.05) is 12.1 Å². The Morgan fingerprint density at radius 3 is 2.11 bits per heavy atom. The zero-order valence-electron chi connectivity index (χ0n) is 15.7. The van der Waals surface area contributed by atoms with Crippen LogP contribution in [0, 0.1) is 0 Å². The molecule has 0 bridgehead atoms. The average Bonchev–Trinajstić information content (AvgIpc) is 3.37. The van der Waals surface area contributed by atoms with Crippen LogP contribution in [0.3, 0.4) is 0 Å². The lowest BCUT2D eigenvalue weighted by Gasteiger charge is -2.40. The zero-order valence-corrected chi connectivity index (χ0v) is 15.7. The Morgan fingerprint density at radius 2 is 1.39 bits per heavy atom. The lowest BCUT2D eigenvalue weighted by molar-refractivity contribution is 0.0504. The third-order valence-electron chi connectivity index (χ3n) is 6.60. The van der Waals surface area contributed by atoms with E-state index in [9.17, 15) is 0 Å². The molecule has 3 aromatic rings. The minimum atomic E-state index is -0.305. The Balaban J connectivity index is 1.54. The Kier molecular flexibility index (Phi) is 3.37. The van der Waals surface area contributed by atoms with E-state index in [4.69, 9.17) is 9.68 Å². The molecule has 28 heavy (non-hydrogen) atoms. The molecule has 4 atom stereocenters. The molecular weight excluding hydrogens is 348 g/mol. The van der Waals surface area contributed by atoms with Gasteiger partial charge < -0.3 is 0 Å². The van der Waals surface area contributed by atoms with Crippen LogP contribution in [-0.2, 0) is 9.68 Å². The molecule has 3 aliphatic rings. The second kappa shape index (κ2) is 5.84. The first-order chi connectivity index (χ1) is 13.8. The minimum absolute atomic E-state index is 0.0772. The van der Waals surface area contributed by atoms with Gasteiger partial charge in [0.25, 0.3) is 0 Å². The van der Waals surface area contributed by atoms with Crippen LogP contribution in [0.4, 0.5) is 11.4 Å². The van der Waals surface area contributed by atoms with Crippen LogP contribution in [-0.4, -0.2) is 18.2 Å². The van der Waals surface area contributed by atoms with Gasteiger partial charge in [0.15, 0.2) is 0 Å². The van der Waals surface area contributed by atoms with Crippen molar-refractivity contribution in [2.24, 2.45) is 0 Å². The van der Waals surface area contributed by atoms with Crippen molar-refractivity contribution in [2.45, 2.75) is 30.5 Å². The summed E-state index contributed by atoms with van der Waals surface area (Å²) in [4.78, 5) is 13.0. The first-order valence-electron chi connectivity index (χ1n) is 9.90. The number of anilines is 2. The summed E-state index contributed by atoms with van der Waals surface area (Å²) in [5.74, 6) is 0.262. The average molecular weight is 370 g/mol. The number of nitrogens with zero attached hydrogens (tertiary/aromatic N) is 2. The lowest BCUT2D eigenvalue weighted by atomic mass is 9.78. The molecule has 2 fully saturated rings. The predicted octanol–water partition coefficient (Wildman–Crippen LogP) is 4.86. The summed E-state index contributed by atoms with van der Waals surface area (Å²) in [6, 6.07) is 29.6. The number of para-hydroxylation sites is 2. The molecule has 140 valence electrons. The number of rotatable bonds is 2. The van der Waals surface area contributed by atoms with E-state index in [-0.39, 0.29) is 23.6 Å². The number of benzene rings is 3. The molecule has 0 N–H and O–H groups in total. The van der Waals surface area contributed by atoms with Crippen molar-refractivity contribution in [3.8, 4) is 0 Å². The lowest BCUT2D eigenvalue weighted by Crippen LogP contribution is -2.55. The maximum atomic E-state index is 6.68. The molecule has 4 heteroatoms. The third-order valence-corrected chi connectivity index (χ3v) is 6.60. The molecule has 2 aliphatic heterocycles. The highest BCUT2D eigenvalue weighted by molar-refractivity contribution is 5.61. The first-order valence-corrected chi connectivity index (χ1v) is 9.90. The van der Waals surface area contributed by atoms with Crippen LogP contribution in [0.5, 0.6) is 0 Å². The fourth-order valence-corrected chi connectivity index (χ4v) is 5.41. The van der Waals surface area contributed by atoms with E-state index < -0.39 is 0 Å². The van der Waals surface area contributed by atoms with Gasteiger partial charge in [0.05, 0.1) is 24.0 Å². The SMILES string of the molecule is C[C@H]1N(c2ccccc2)O[C@@H]2c3ccccc3[C@H]3CON(c4ccccc4)[C@]321. The molecule has 0 unspecified atom stereocenters. The summed E-state index contributed by atoms with van der Waals surface area (Å²) in [5.41, 5.74) is 4.48. The van der Waals surface area contributed by atoms with Gasteiger partial charge in [-0.25, -0.2) is 10.1 Å². The molecule has 1 spiro atoms. The largest absolute Gasteiger partial charge is 0.272 e. The molecule has 0 amide bonds. The summed E-state index contributed by atoms with van der Waals surface area (Å²) in [5, 5.41) is 4.22. The Hall–Kier alpha value is -2.82. The number of hydrogen-bond donors (Lipinski definition) is 0. The second-order valence-corrected chi connectivity index (χ2v) is 7.82. The summed E-state index contributed by atoms with van der Waals surface area (Å²) in [6.07, 6.45) is -0.0772. The summed E-state index contributed by atoms with van der Waals surface area (Å²) < 4.78 is 0. The summed E-state index contributed by atoms with van der Waals surface area (Å²) in [7, 11) is 0. The van der Waals surface area contributed by atoms with Crippen LogP contribution in [0.1, 0.15) is 30.1 Å². The standard InChI is InChI=1S/C24H22N2O2/c1-17-24-22(16-27-26(24)19-12-6-3-7-13-19)20-14-8-9-15-21(20)23(24)28-25(17)18-10-4-2-5-11-18/h2-15,17,22-23H,16H2,1H3/t17-,22-,23-,24-/m1/s1. The van der Waals surface area contributed by atoms with E-state index in [1.54, 1.807) is 0 Å². The van der Waals surface area contributed by atoms with Gasteiger partial charge in [0.1, 0.15) is 11.6 Å². The molecule has 0 radical (unpaired) electrons. The molecule has 2 heterocycles. The second-order valence-electron chi connectivity index (χ2n) is 7.82. The van der Waals surface area contributed by atoms with Gasteiger partial charge in [0, 0.05) is 5.92 Å². The minimum Gasteiger partial charge on any atom is -0.272 e. The van der Waals surface area contributed by atoms with E-state index in [2.05, 4.69) is 89.8 Å². The molecule has 2 saturated heterocycles. The van der Waals surface area contributed by atoms with Crippen LogP contribution in [0.2, 0.25) is 0 Å². The van der Waals surface area contributed by atoms with E-state index in [1.165, 1.54) is 11.1 Å². The third kappa shape index (κ3) is 1.91. The fraction of sp³-hybridized carbons (Fsp3) is 0.250. The van der Waals surface area contributed by atoms with Crippen LogP contribution in [0.15, 0.2) is 84.9 Å². The molecule has 4 nitrogen and oxygen atoms in total. The number of hydrogen-bond acceptors (Lipinski definition) is 4. The number of hydroxylamine groups is 2. The molecule has 3 aromatic carbocycles. The van der Waals surface area contributed by atoms with E-state index in [0.717, 1.165) is 11.4 Å². The quantitative estimate of drug-likeness (QED) is 0.643. The Bertz CT molecular complexity index is 1010. The molecule has 6 rings (SSSR count). The molecule has 1 aliphatic carbocycles. The maximum absolute atomic E-state index is 6.68. The summed E-state index contributed by atoms with van der Waals surface area (Å²) in [6.45, 7) is 2.93. The van der Waals surface area contributed by atoms with Crippen molar-refractivity contribution in [3.63, 3.8) is 0 Å². The molecule has 0 aromatic heterocycles. The first kappa shape index (κ1) is 16.2. The summed E-state index contributed by atoms with van der Waals surface area (Å²) >= 11 is 0. The van der Waals surface area contributed by atoms with E-state index >= 15 is 0 Å². The van der Waals surface area contributed by atoms with Gasteiger partial charge in [-0.1, -0.05) is 60.7 Å². The van der Waals surface area contributed by atoms with Crippen molar-refractivity contribution in [2.75, 3.05) is 16.7 Å². The van der Waals surface area contributed by atoms with Crippen molar-refractivity contribution < 1.29 is 9.68 Å². The van der Waals surface area contributed by atoms with Crippen LogP contribution in [0.25, 0.3) is 0 Å². The fourth-order valence-electron chi connectivity index (χ4n) is 5.41. The van der Waals surface area contributed by atoms with Gasteiger partial charge in [-0.05, 0) is 42.3 Å². The van der Waals surface area contributed by atoms with Gasteiger partial charge in [0.2, 0.25) is 0 Å². The van der Waals surface area contributed by atoms with Crippen molar-refractivity contribution in [1.29, 1.82) is 0 Å². The van der Waals surface area contributed by atoms with Crippen LogP contribution < -0.4 is 10.1 Å². The monoisotopic (exact) mass is 370 g/mol.